The van der Waals surface area contributed by atoms with Crippen molar-refractivity contribution in [3.05, 3.63) is 47.7 Å². The van der Waals surface area contributed by atoms with Crippen LogP contribution in [0.5, 0.6) is 0 Å². The van der Waals surface area contributed by atoms with E-state index in [1.807, 2.05) is 57.2 Å². The highest BCUT2D eigenvalue weighted by molar-refractivity contribution is 6.74. The fourth-order valence-corrected chi connectivity index (χ4v) is 5.08. The largest absolute Gasteiger partial charge is 0.465 e. The molecule has 0 aliphatic carbocycles. The zero-order chi connectivity index (χ0) is 24.6. The Morgan fingerprint density at radius 3 is 2.39 bits per heavy atom. The number of nitrogens with zero attached hydrogens (tertiary/aromatic N) is 3. The van der Waals surface area contributed by atoms with E-state index in [0.717, 1.165) is 17.7 Å². The molecule has 1 fully saturated rings. The van der Waals surface area contributed by atoms with Gasteiger partial charge in [0.1, 0.15) is 11.9 Å². The highest BCUT2D eigenvalue weighted by Gasteiger charge is 2.42. The maximum Gasteiger partial charge on any atom is 0.413 e. The van der Waals surface area contributed by atoms with Crippen molar-refractivity contribution in [3.8, 4) is 0 Å². The molecule has 1 saturated heterocycles. The highest BCUT2D eigenvalue weighted by atomic mass is 28.4. The van der Waals surface area contributed by atoms with Crippen molar-refractivity contribution in [1.82, 2.24) is 9.78 Å². The van der Waals surface area contributed by atoms with Crippen LogP contribution in [-0.4, -0.2) is 42.0 Å². The van der Waals surface area contributed by atoms with Crippen molar-refractivity contribution in [2.45, 2.75) is 90.4 Å². The molecule has 1 aromatic heterocycles. The van der Waals surface area contributed by atoms with Crippen molar-refractivity contribution < 1.29 is 19.1 Å². The highest BCUT2D eigenvalue weighted by Crippen LogP contribution is 2.41. The first-order chi connectivity index (χ1) is 15.2. The second kappa shape index (κ2) is 9.23. The van der Waals surface area contributed by atoms with Crippen molar-refractivity contribution in [2.24, 2.45) is 0 Å². The molecule has 2 heterocycles. The standard InChI is InChI=1S/C25H39N3O4Si/c1-24(2,3)28-22(27(23(29)30)16-18-12-10-9-11-13-18)15-20(26-28)21-14-19(17-31-21)32-33(7,8)25(4,5)6/h9-13,15,19,21H,14,16-17H2,1-8H3,(H,29,30)/t19-,21-/m1/s1. The zero-order valence-corrected chi connectivity index (χ0v) is 22.3. The lowest BCUT2D eigenvalue weighted by Crippen LogP contribution is -2.44. The first-order valence-corrected chi connectivity index (χ1v) is 14.5. The molecule has 0 unspecified atom stereocenters. The summed E-state index contributed by atoms with van der Waals surface area (Å²) in [5.74, 6) is 0.547. The Kier molecular flexibility index (Phi) is 7.12. The van der Waals surface area contributed by atoms with Crippen molar-refractivity contribution >= 4 is 20.2 Å². The van der Waals surface area contributed by atoms with Gasteiger partial charge < -0.3 is 14.3 Å². The second-order valence-electron chi connectivity index (χ2n) is 11.4. The topological polar surface area (TPSA) is 76.8 Å². The SMILES string of the molecule is CC(C)(C)n1nc([C@H]2C[C@@H](O[Si](C)(C)C(C)(C)C)CO2)cc1N(Cc1ccccc1)C(=O)O. The molecule has 2 aromatic rings. The fourth-order valence-electron chi connectivity index (χ4n) is 3.72. The summed E-state index contributed by atoms with van der Waals surface area (Å²) >= 11 is 0. The summed E-state index contributed by atoms with van der Waals surface area (Å²) < 4.78 is 14.5. The molecule has 1 aromatic carbocycles. The molecule has 2 atom stereocenters. The van der Waals surface area contributed by atoms with Gasteiger partial charge in [-0.2, -0.15) is 5.10 Å². The van der Waals surface area contributed by atoms with Gasteiger partial charge in [-0.15, -0.1) is 0 Å². The minimum atomic E-state index is -1.90. The number of anilines is 1. The lowest BCUT2D eigenvalue weighted by atomic mass is 10.1. The monoisotopic (exact) mass is 473 g/mol. The smallest absolute Gasteiger partial charge is 0.413 e. The van der Waals surface area contributed by atoms with E-state index in [1.165, 1.54) is 4.90 Å². The molecule has 182 valence electrons. The van der Waals surface area contributed by atoms with Crippen LogP contribution in [0.3, 0.4) is 0 Å². The number of benzene rings is 1. The predicted molar refractivity (Wildman–Crippen MR) is 133 cm³/mol. The van der Waals surface area contributed by atoms with E-state index in [1.54, 1.807) is 4.68 Å². The number of carbonyl (C=O) groups is 1. The van der Waals surface area contributed by atoms with Crippen LogP contribution in [0.25, 0.3) is 0 Å². The van der Waals surface area contributed by atoms with E-state index in [0.29, 0.717) is 12.4 Å². The van der Waals surface area contributed by atoms with Crippen LogP contribution in [-0.2, 0) is 21.2 Å². The number of hydrogen-bond acceptors (Lipinski definition) is 4. The summed E-state index contributed by atoms with van der Waals surface area (Å²) in [5, 5.41) is 15.0. The Bertz CT molecular complexity index is 960. The van der Waals surface area contributed by atoms with Gasteiger partial charge in [-0.3, -0.25) is 4.90 Å². The van der Waals surface area contributed by atoms with Crippen LogP contribution in [0.1, 0.15) is 65.3 Å². The Morgan fingerprint density at radius 1 is 1.21 bits per heavy atom. The molecular weight excluding hydrogens is 434 g/mol. The molecule has 33 heavy (non-hydrogen) atoms. The predicted octanol–water partition coefficient (Wildman–Crippen LogP) is 6.17. The summed E-state index contributed by atoms with van der Waals surface area (Å²) in [7, 11) is -1.90. The van der Waals surface area contributed by atoms with Crippen molar-refractivity contribution in [2.75, 3.05) is 11.5 Å². The van der Waals surface area contributed by atoms with E-state index in [9.17, 15) is 9.90 Å². The van der Waals surface area contributed by atoms with Gasteiger partial charge in [-0.1, -0.05) is 51.1 Å². The van der Waals surface area contributed by atoms with Crippen LogP contribution in [0, 0.1) is 0 Å². The number of rotatable bonds is 6. The van der Waals surface area contributed by atoms with Gasteiger partial charge in [-0.25, -0.2) is 9.48 Å². The zero-order valence-electron chi connectivity index (χ0n) is 21.3. The molecule has 0 spiro atoms. The number of carboxylic acid groups (broad SMARTS) is 1. The minimum Gasteiger partial charge on any atom is -0.465 e. The maximum atomic E-state index is 12.3. The van der Waals surface area contributed by atoms with Gasteiger partial charge in [-0.05, 0) is 44.5 Å². The molecule has 0 saturated carbocycles. The summed E-state index contributed by atoms with van der Waals surface area (Å²) in [6.45, 7) is 18.0. The lowest BCUT2D eigenvalue weighted by Gasteiger charge is -2.38. The third-order valence-electron chi connectivity index (χ3n) is 6.59. The second-order valence-corrected chi connectivity index (χ2v) is 16.2. The van der Waals surface area contributed by atoms with Crippen molar-refractivity contribution in [1.29, 1.82) is 0 Å². The normalized spacial score (nSPS) is 19.6. The Morgan fingerprint density at radius 2 is 1.85 bits per heavy atom. The van der Waals surface area contributed by atoms with E-state index in [4.69, 9.17) is 14.3 Å². The van der Waals surface area contributed by atoms with Gasteiger partial charge in [0.15, 0.2) is 8.32 Å². The summed E-state index contributed by atoms with van der Waals surface area (Å²) in [5.41, 5.74) is 1.27. The van der Waals surface area contributed by atoms with Crippen LogP contribution >= 0.6 is 0 Å². The maximum absolute atomic E-state index is 12.3. The molecule has 8 heteroatoms. The van der Waals surface area contributed by atoms with Gasteiger partial charge >= 0.3 is 6.09 Å². The number of ether oxygens (including phenoxy) is 1. The van der Waals surface area contributed by atoms with Gasteiger partial charge in [0.2, 0.25) is 0 Å². The molecule has 1 aliphatic heterocycles. The summed E-state index contributed by atoms with van der Waals surface area (Å²) in [6, 6.07) is 11.5. The molecule has 0 radical (unpaired) electrons. The molecule has 0 bridgehead atoms. The first-order valence-electron chi connectivity index (χ1n) is 11.6. The number of aromatic nitrogens is 2. The fraction of sp³-hybridized carbons (Fsp3) is 0.600. The Labute approximate surface area is 198 Å². The van der Waals surface area contributed by atoms with Crippen LogP contribution in [0.2, 0.25) is 18.1 Å². The quantitative estimate of drug-likeness (QED) is 0.507. The van der Waals surface area contributed by atoms with E-state index >= 15 is 0 Å². The van der Waals surface area contributed by atoms with Crippen LogP contribution in [0.15, 0.2) is 36.4 Å². The van der Waals surface area contributed by atoms with Crippen LogP contribution in [0.4, 0.5) is 10.6 Å². The minimum absolute atomic E-state index is 0.0269. The van der Waals surface area contributed by atoms with Gasteiger partial charge in [0.25, 0.3) is 0 Å². The van der Waals surface area contributed by atoms with Crippen molar-refractivity contribution in [3.63, 3.8) is 0 Å². The molecule has 1 aliphatic rings. The van der Waals surface area contributed by atoms with E-state index < -0.39 is 19.9 Å². The third kappa shape index (κ3) is 5.86. The van der Waals surface area contributed by atoms with Gasteiger partial charge in [0.05, 0.1) is 30.5 Å². The van der Waals surface area contributed by atoms with E-state index in [2.05, 4.69) is 33.9 Å². The molecule has 3 rings (SSSR count). The lowest BCUT2D eigenvalue weighted by molar-refractivity contribution is 0.0882. The molecule has 1 N–H and O–H groups in total. The van der Waals surface area contributed by atoms with Crippen LogP contribution < -0.4 is 4.90 Å². The third-order valence-corrected chi connectivity index (χ3v) is 11.1. The summed E-state index contributed by atoms with van der Waals surface area (Å²) in [4.78, 5) is 13.6. The Hall–Kier alpha value is -2.16. The molecule has 7 nitrogen and oxygen atoms in total. The molecular formula is C25H39N3O4Si. The summed E-state index contributed by atoms with van der Waals surface area (Å²) in [6.07, 6.45) is -0.477. The van der Waals surface area contributed by atoms with Gasteiger partial charge in [0, 0.05) is 12.5 Å². The van der Waals surface area contributed by atoms with E-state index in [-0.39, 0.29) is 23.8 Å². The number of hydrogen-bond donors (Lipinski definition) is 1. The average Bonchev–Trinajstić information content (AvgIpc) is 3.32. The Balaban J connectivity index is 1.87. The molecule has 1 amide bonds. The first kappa shape index (κ1) is 25.5. The average molecular weight is 474 g/mol. The number of amides is 1.